The summed E-state index contributed by atoms with van der Waals surface area (Å²) in [7, 11) is 4.13. The van der Waals surface area contributed by atoms with Gasteiger partial charge in [0, 0.05) is 10.0 Å². The van der Waals surface area contributed by atoms with E-state index in [1.165, 1.54) is 27.4 Å². The maximum Gasteiger partial charge on any atom is 0.329 e. The fourth-order valence-electron chi connectivity index (χ4n) is 2.13. The van der Waals surface area contributed by atoms with Crippen LogP contribution in [0, 0.1) is 0 Å². The van der Waals surface area contributed by atoms with E-state index >= 15 is 0 Å². The second kappa shape index (κ2) is 7.35. The highest BCUT2D eigenvalue weighted by Gasteiger charge is 2.35. The lowest BCUT2D eigenvalue weighted by Gasteiger charge is -2.11. The van der Waals surface area contributed by atoms with E-state index in [1.807, 2.05) is 0 Å². The van der Waals surface area contributed by atoms with Gasteiger partial charge in [-0.3, -0.25) is 9.59 Å². The Hall–Kier alpha value is -2.55. The van der Waals surface area contributed by atoms with Crippen LogP contribution in [0.4, 0.5) is 4.79 Å². The zero-order valence-electron chi connectivity index (χ0n) is 13.2. The van der Waals surface area contributed by atoms with Gasteiger partial charge in [0.15, 0.2) is 11.5 Å². The summed E-state index contributed by atoms with van der Waals surface area (Å²) in [5.74, 6) is -0.462. The summed E-state index contributed by atoms with van der Waals surface area (Å²) in [6.45, 7) is -0.461. The van der Waals surface area contributed by atoms with Crippen LogP contribution in [-0.2, 0) is 14.3 Å². The molecule has 0 saturated carbocycles. The number of nitrogens with zero attached hydrogens (tertiary/aromatic N) is 1. The molecule has 0 aliphatic carbocycles. The van der Waals surface area contributed by atoms with Crippen LogP contribution in [-0.4, -0.2) is 50.7 Å². The molecule has 0 bridgehead atoms. The van der Waals surface area contributed by atoms with Crippen molar-refractivity contribution in [2.45, 2.75) is 0 Å². The van der Waals surface area contributed by atoms with Crippen molar-refractivity contribution in [1.82, 2.24) is 10.2 Å². The fraction of sp³-hybridized carbons (Fsp3) is 0.267. The summed E-state index contributed by atoms with van der Waals surface area (Å²) in [6, 6.07) is 2.72. The van der Waals surface area contributed by atoms with E-state index in [0.29, 0.717) is 21.5 Å². The number of esters is 1. The Kier molecular flexibility index (Phi) is 5.45. The zero-order chi connectivity index (χ0) is 17.9. The van der Waals surface area contributed by atoms with Crippen molar-refractivity contribution in [2.75, 3.05) is 27.9 Å². The highest BCUT2D eigenvalue weighted by molar-refractivity contribution is 9.10. The first kappa shape index (κ1) is 17.8. The van der Waals surface area contributed by atoms with Gasteiger partial charge in [0.1, 0.15) is 12.2 Å². The first-order valence-corrected chi connectivity index (χ1v) is 7.53. The summed E-state index contributed by atoms with van der Waals surface area (Å²) in [5, 5.41) is 2.42. The number of methoxy groups -OCH3 is 3. The van der Waals surface area contributed by atoms with Crippen LogP contribution in [0.2, 0.25) is 0 Å². The van der Waals surface area contributed by atoms with Gasteiger partial charge in [0.2, 0.25) is 0 Å². The van der Waals surface area contributed by atoms with Crippen molar-refractivity contribution >= 4 is 39.9 Å². The van der Waals surface area contributed by atoms with Gasteiger partial charge in [-0.1, -0.05) is 15.9 Å². The molecule has 1 aliphatic rings. The van der Waals surface area contributed by atoms with E-state index in [9.17, 15) is 14.4 Å². The van der Waals surface area contributed by atoms with Crippen LogP contribution in [0.25, 0.3) is 6.08 Å². The Balaban J connectivity index is 2.39. The second-order valence-corrected chi connectivity index (χ2v) is 5.60. The van der Waals surface area contributed by atoms with Gasteiger partial charge in [-0.15, -0.1) is 0 Å². The van der Waals surface area contributed by atoms with Crippen LogP contribution in [0.3, 0.4) is 0 Å². The quantitative estimate of drug-likeness (QED) is 0.459. The summed E-state index contributed by atoms with van der Waals surface area (Å²) < 4.78 is 15.7. The van der Waals surface area contributed by atoms with Crippen LogP contribution < -0.4 is 14.8 Å². The number of hydrogen-bond acceptors (Lipinski definition) is 6. The van der Waals surface area contributed by atoms with Crippen LogP contribution in [0.1, 0.15) is 5.56 Å². The van der Waals surface area contributed by atoms with Crippen molar-refractivity contribution in [1.29, 1.82) is 0 Å². The average molecular weight is 399 g/mol. The molecule has 0 unspecified atom stereocenters. The minimum Gasteiger partial charge on any atom is -0.493 e. The van der Waals surface area contributed by atoms with Crippen LogP contribution in [0.5, 0.6) is 11.5 Å². The third-order valence-corrected chi connectivity index (χ3v) is 3.71. The van der Waals surface area contributed by atoms with Crippen molar-refractivity contribution in [3.05, 3.63) is 27.9 Å². The SMILES string of the molecule is COC(=O)CN1C(=O)N/C(=C/c2cc(Br)cc(OC)c2OC)C1=O. The van der Waals surface area contributed by atoms with E-state index in [1.54, 1.807) is 12.1 Å². The molecule has 24 heavy (non-hydrogen) atoms. The number of ether oxygens (including phenoxy) is 3. The lowest BCUT2D eigenvalue weighted by molar-refractivity contribution is -0.143. The van der Waals surface area contributed by atoms with Gasteiger partial charge in [-0.25, -0.2) is 9.69 Å². The summed E-state index contributed by atoms with van der Waals surface area (Å²) in [5.41, 5.74) is 0.537. The largest absolute Gasteiger partial charge is 0.493 e. The third kappa shape index (κ3) is 3.51. The average Bonchev–Trinajstić information content (AvgIpc) is 2.81. The molecule has 1 N–H and O–H groups in total. The van der Waals surface area contributed by atoms with Crippen LogP contribution >= 0.6 is 15.9 Å². The number of hydrogen-bond donors (Lipinski definition) is 1. The molecule has 9 heteroatoms. The molecule has 0 atom stereocenters. The normalized spacial score (nSPS) is 15.5. The Bertz CT molecular complexity index is 731. The number of urea groups is 1. The van der Waals surface area contributed by atoms with Gasteiger partial charge in [-0.05, 0) is 18.2 Å². The molecule has 1 saturated heterocycles. The molecule has 1 fully saturated rings. The van der Waals surface area contributed by atoms with E-state index in [2.05, 4.69) is 26.0 Å². The zero-order valence-corrected chi connectivity index (χ0v) is 14.8. The first-order chi connectivity index (χ1) is 11.4. The van der Waals surface area contributed by atoms with Gasteiger partial charge in [-0.2, -0.15) is 0 Å². The molecule has 3 amide bonds. The number of benzene rings is 1. The molecule has 8 nitrogen and oxygen atoms in total. The first-order valence-electron chi connectivity index (χ1n) is 6.74. The number of carbonyl (C=O) groups excluding carboxylic acids is 3. The number of rotatable bonds is 5. The van der Waals surface area contributed by atoms with Gasteiger partial charge < -0.3 is 19.5 Å². The summed E-state index contributed by atoms with van der Waals surface area (Å²) >= 11 is 3.34. The van der Waals surface area contributed by atoms with E-state index in [-0.39, 0.29) is 5.70 Å². The highest BCUT2D eigenvalue weighted by atomic mass is 79.9. The molecular weight excluding hydrogens is 384 g/mol. The van der Waals surface area contributed by atoms with E-state index in [0.717, 1.165) is 4.90 Å². The lowest BCUT2D eigenvalue weighted by Crippen LogP contribution is -2.36. The van der Waals surface area contributed by atoms with E-state index < -0.39 is 24.5 Å². The van der Waals surface area contributed by atoms with Crippen molar-refractivity contribution in [2.24, 2.45) is 0 Å². The molecule has 1 heterocycles. The minimum absolute atomic E-state index is 0.0161. The summed E-state index contributed by atoms with van der Waals surface area (Å²) in [6.07, 6.45) is 1.45. The Morgan fingerprint density at radius 1 is 1.25 bits per heavy atom. The molecule has 1 aliphatic heterocycles. The van der Waals surface area contributed by atoms with Crippen molar-refractivity contribution < 1.29 is 28.6 Å². The monoisotopic (exact) mass is 398 g/mol. The fourth-order valence-corrected chi connectivity index (χ4v) is 2.58. The predicted octanol–water partition coefficient (Wildman–Crippen LogP) is 1.53. The van der Waals surface area contributed by atoms with Crippen molar-refractivity contribution in [3.63, 3.8) is 0 Å². The van der Waals surface area contributed by atoms with Gasteiger partial charge >= 0.3 is 12.0 Å². The number of amides is 3. The lowest BCUT2D eigenvalue weighted by atomic mass is 10.1. The molecular formula is C15H15BrN2O6. The third-order valence-electron chi connectivity index (χ3n) is 3.25. The maximum atomic E-state index is 12.3. The molecule has 1 aromatic rings. The number of halogens is 1. The molecule has 128 valence electrons. The second-order valence-electron chi connectivity index (χ2n) is 4.69. The Labute approximate surface area is 146 Å². The standard InChI is InChI=1S/C15H15BrN2O6/c1-22-11-6-9(16)4-8(13(11)24-3)5-10-14(20)18(15(21)17-10)7-12(19)23-2/h4-6H,7H2,1-3H3,(H,17,21)/b10-5+. The molecule has 1 aromatic carbocycles. The van der Waals surface area contributed by atoms with Crippen molar-refractivity contribution in [3.8, 4) is 11.5 Å². The molecule has 0 aromatic heterocycles. The van der Waals surface area contributed by atoms with Crippen LogP contribution in [0.15, 0.2) is 22.3 Å². The molecule has 0 radical (unpaired) electrons. The smallest absolute Gasteiger partial charge is 0.329 e. The van der Waals surface area contributed by atoms with Gasteiger partial charge in [0.05, 0.1) is 21.3 Å². The molecule has 2 rings (SSSR count). The number of nitrogens with one attached hydrogen (secondary N) is 1. The number of imide groups is 1. The topological polar surface area (TPSA) is 94.2 Å². The summed E-state index contributed by atoms with van der Waals surface area (Å²) in [4.78, 5) is 36.2. The Morgan fingerprint density at radius 3 is 2.54 bits per heavy atom. The minimum atomic E-state index is -0.697. The maximum absolute atomic E-state index is 12.3. The van der Waals surface area contributed by atoms with E-state index in [4.69, 9.17) is 9.47 Å². The van der Waals surface area contributed by atoms with Gasteiger partial charge in [0.25, 0.3) is 5.91 Å². The Morgan fingerprint density at radius 2 is 1.96 bits per heavy atom. The molecule has 0 spiro atoms. The predicted molar refractivity (Wildman–Crippen MR) is 87.5 cm³/mol. The number of carbonyl (C=O) groups is 3. The highest BCUT2D eigenvalue weighted by Crippen LogP contribution is 2.36.